The van der Waals surface area contributed by atoms with Crippen LogP contribution in [0.4, 0.5) is 10.1 Å². The van der Waals surface area contributed by atoms with Crippen molar-refractivity contribution >= 4 is 50.2 Å². The molecule has 1 aromatic heterocycles. The first-order chi connectivity index (χ1) is 16.5. The Hall–Kier alpha value is -4.16. The van der Waals surface area contributed by atoms with Crippen molar-refractivity contribution in [2.45, 2.75) is 0 Å². The molecule has 0 radical (unpaired) electrons. The van der Waals surface area contributed by atoms with Crippen LogP contribution in [0.2, 0.25) is 0 Å². The summed E-state index contributed by atoms with van der Waals surface area (Å²) in [5.41, 5.74) is 2.59. The Balaban J connectivity index is 1.55. The number of anilines is 1. The van der Waals surface area contributed by atoms with Crippen molar-refractivity contribution < 1.29 is 18.7 Å². The summed E-state index contributed by atoms with van der Waals surface area (Å²) in [5.74, 6) is 0.317. The molecule has 0 bridgehead atoms. The molecule has 3 aromatic carbocycles. The van der Waals surface area contributed by atoms with Crippen molar-refractivity contribution in [2.24, 2.45) is 0 Å². The van der Waals surface area contributed by atoms with Gasteiger partial charge in [-0.3, -0.25) is 4.79 Å². The number of carbonyl (C=O) groups is 1. The average Bonchev–Trinajstić information content (AvgIpc) is 3.25. The average molecular weight is 521 g/mol. The Morgan fingerprint density at radius 2 is 2.03 bits per heavy atom. The normalized spacial score (nSPS) is 11.2. The number of carbonyl (C=O) groups excluding carboxylic acids is 1. The van der Waals surface area contributed by atoms with Gasteiger partial charge in [0, 0.05) is 5.69 Å². The van der Waals surface area contributed by atoms with Crippen LogP contribution in [0.25, 0.3) is 22.7 Å². The molecule has 1 heterocycles. The van der Waals surface area contributed by atoms with Crippen LogP contribution in [0.1, 0.15) is 11.4 Å². The van der Waals surface area contributed by atoms with E-state index >= 15 is 0 Å². The third-order valence-corrected chi connectivity index (χ3v) is 5.38. The smallest absolute Gasteiger partial charge is 0.262 e. The van der Waals surface area contributed by atoms with Crippen LogP contribution in [-0.4, -0.2) is 29.6 Å². The number of para-hydroxylation sites is 1. The van der Waals surface area contributed by atoms with Crippen LogP contribution in [0, 0.1) is 17.1 Å². The molecule has 9 heteroatoms. The molecule has 4 aromatic rings. The molecule has 4 rings (SSSR count). The number of ether oxygens (including phenoxy) is 2. The van der Waals surface area contributed by atoms with Crippen molar-refractivity contribution in [3.05, 3.63) is 82.3 Å². The lowest BCUT2D eigenvalue weighted by atomic mass is 10.1. The Morgan fingerprint density at radius 3 is 2.76 bits per heavy atom. The molecule has 7 nitrogen and oxygen atoms in total. The lowest BCUT2D eigenvalue weighted by molar-refractivity contribution is -0.118. The van der Waals surface area contributed by atoms with Gasteiger partial charge in [0.15, 0.2) is 18.1 Å². The minimum absolute atomic E-state index is 0.224. The summed E-state index contributed by atoms with van der Waals surface area (Å²) in [6.07, 6.45) is 1.62. The SMILES string of the molecule is COc1cc(/C=C(/C#N)c2nc3ccc(F)cc3[nH]2)cc(Br)c1OCC(=O)Nc1ccccc1. The number of hydrogen-bond donors (Lipinski definition) is 2. The Labute approximate surface area is 203 Å². The molecular formula is C25H18BrFN4O3. The van der Waals surface area contributed by atoms with Gasteiger partial charge in [-0.15, -0.1) is 0 Å². The maximum Gasteiger partial charge on any atom is 0.262 e. The molecule has 0 aliphatic heterocycles. The molecule has 0 fully saturated rings. The molecule has 1 amide bonds. The largest absolute Gasteiger partial charge is 0.493 e. The summed E-state index contributed by atoms with van der Waals surface area (Å²) >= 11 is 3.45. The van der Waals surface area contributed by atoms with Gasteiger partial charge in [0.25, 0.3) is 5.91 Å². The van der Waals surface area contributed by atoms with Gasteiger partial charge >= 0.3 is 0 Å². The molecule has 0 atom stereocenters. The van der Waals surface area contributed by atoms with Crippen molar-refractivity contribution in [3.8, 4) is 17.6 Å². The summed E-state index contributed by atoms with van der Waals surface area (Å²) in [7, 11) is 1.48. The van der Waals surface area contributed by atoms with E-state index in [9.17, 15) is 14.4 Å². The maximum absolute atomic E-state index is 13.5. The van der Waals surface area contributed by atoms with Gasteiger partial charge in [0.05, 0.1) is 28.2 Å². The van der Waals surface area contributed by atoms with E-state index in [2.05, 4.69) is 37.3 Å². The number of nitrogens with one attached hydrogen (secondary N) is 2. The summed E-state index contributed by atoms with van der Waals surface area (Å²) in [6, 6.07) is 18.7. The topological polar surface area (TPSA) is 100 Å². The lowest BCUT2D eigenvalue weighted by Gasteiger charge is -2.13. The predicted molar refractivity (Wildman–Crippen MR) is 131 cm³/mol. The third kappa shape index (κ3) is 5.24. The number of imidazole rings is 1. The van der Waals surface area contributed by atoms with Crippen molar-refractivity contribution in [3.63, 3.8) is 0 Å². The van der Waals surface area contributed by atoms with E-state index in [1.807, 2.05) is 18.2 Å². The fraction of sp³-hybridized carbons (Fsp3) is 0.0800. The molecular weight excluding hydrogens is 503 g/mol. The number of halogens is 2. The van der Waals surface area contributed by atoms with Gasteiger partial charge in [-0.1, -0.05) is 18.2 Å². The Kier molecular flexibility index (Phi) is 6.90. The minimum Gasteiger partial charge on any atom is -0.493 e. The Bertz CT molecular complexity index is 1430. The summed E-state index contributed by atoms with van der Waals surface area (Å²) in [4.78, 5) is 19.6. The molecule has 0 spiro atoms. The van der Waals surface area contributed by atoms with Crippen LogP contribution in [0.5, 0.6) is 11.5 Å². The predicted octanol–water partition coefficient (Wildman–Crippen LogP) is 5.55. The zero-order valence-electron chi connectivity index (χ0n) is 17.9. The van der Waals surface area contributed by atoms with E-state index in [-0.39, 0.29) is 18.1 Å². The van der Waals surface area contributed by atoms with Crippen molar-refractivity contribution in [1.29, 1.82) is 5.26 Å². The van der Waals surface area contributed by atoms with Gasteiger partial charge in [-0.25, -0.2) is 9.37 Å². The first-order valence-electron chi connectivity index (χ1n) is 10.1. The van der Waals surface area contributed by atoms with E-state index in [1.54, 1.807) is 36.4 Å². The highest BCUT2D eigenvalue weighted by Crippen LogP contribution is 2.37. The van der Waals surface area contributed by atoms with E-state index in [4.69, 9.17) is 9.47 Å². The van der Waals surface area contributed by atoms with Gasteiger partial charge in [0.1, 0.15) is 17.7 Å². The highest BCUT2D eigenvalue weighted by molar-refractivity contribution is 9.10. The third-order valence-electron chi connectivity index (χ3n) is 4.79. The fourth-order valence-electron chi connectivity index (χ4n) is 3.25. The van der Waals surface area contributed by atoms with Crippen LogP contribution >= 0.6 is 15.9 Å². The van der Waals surface area contributed by atoms with Crippen LogP contribution in [0.3, 0.4) is 0 Å². The molecule has 0 saturated heterocycles. The Morgan fingerprint density at radius 1 is 1.24 bits per heavy atom. The number of aromatic nitrogens is 2. The van der Waals surface area contributed by atoms with Gasteiger partial charge in [-0.05, 0) is 70.0 Å². The molecule has 34 heavy (non-hydrogen) atoms. The number of H-pyrrole nitrogens is 1. The number of aromatic amines is 1. The monoisotopic (exact) mass is 520 g/mol. The fourth-order valence-corrected chi connectivity index (χ4v) is 3.82. The summed E-state index contributed by atoms with van der Waals surface area (Å²) in [5, 5.41) is 12.4. The quantitative estimate of drug-likeness (QED) is 0.311. The number of nitriles is 1. The standard InChI is InChI=1S/C25H18BrFN4O3/c1-33-22-11-15(9-16(13-28)25-30-20-8-7-17(27)12-21(20)31-25)10-19(26)24(22)34-14-23(32)29-18-5-3-2-4-6-18/h2-12H,14H2,1H3,(H,29,32)(H,30,31)/b16-9-. The van der Waals surface area contributed by atoms with Gasteiger partial charge < -0.3 is 19.8 Å². The molecule has 0 aliphatic carbocycles. The second-order valence-corrected chi connectivity index (χ2v) is 8.01. The molecule has 2 N–H and O–H groups in total. The first-order valence-corrected chi connectivity index (χ1v) is 10.9. The summed E-state index contributed by atoms with van der Waals surface area (Å²) < 4.78 is 25.1. The minimum atomic E-state index is -0.396. The number of rotatable bonds is 7. The molecule has 0 unspecified atom stereocenters. The van der Waals surface area contributed by atoms with Gasteiger partial charge in [0.2, 0.25) is 0 Å². The van der Waals surface area contributed by atoms with E-state index in [0.717, 1.165) is 0 Å². The second-order valence-electron chi connectivity index (χ2n) is 7.15. The van der Waals surface area contributed by atoms with E-state index in [1.165, 1.54) is 19.2 Å². The maximum atomic E-state index is 13.5. The summed E-state index contributed by atoms with van der Waals surface area (Å²) in [6.45, 7) is -0.224. The molecule has 0 aliphatic rings. The number of allylic oxidation sites excluding steroid dienone is 1. The number of hydrogen-bond acceptors (Lipinski definition) is 5. The number of nitrogens with zero attached hydrogens (tertiary/aromatic N) is 2. The number of fused-ring (bicyclic) bond motifs is 1. The van der Waals surface area contributed by atoms with Crippen molar-refractivity contribution in [1.82, 2.24) is 9.97 Å². The van der Waals surface area contributed by atoms with E-state index < -0.39 is 5.82 Å². The highest BCUT2D eigenvalue weighted by atomic mass is 79.9. The van der Waals surface area contributed by atoms with Crippen LogP contribution in [0.15, 0.2) is 65.1 Å². The van der Waals surface area contributed by atoms with Crippen LogP contribution in [-0.2, 0) is 4.79 Å². The number of amides is 1. The molecule has 0 saturated carbocycles. The van der Waals surface area contributed by atoms with E-state index in [0.29, 0.717) is 44.1 Å². The molecule has 170 valence electrons. The number of benzene rings is 3. The zero-order valence-corrected chi connectivity index (χ0v) is 19.5. The second kappa shape index (κ2) is 10.2. The first kappa shape index (κ1) is 23.0. The van der Waals surface area contributed by atoms with Crippen LogP contribution < -0.4 is 14.8 Å². The highest BCUT2D eigenvalue weighted by Gasteiger charge is 2.15. The lowest BCUT2D eigenvalue weighted by Crippen LogP contribution is -2.20. The zero-order chi connectivity index (χ0) is 24.1. The van der Waals surface area contributed by atoms with Crippen molar-refractivity contribution in [2.75, 3.05) is 19.0 Å². The number of methoxy groups -OCH3 is 1. The van der Waals surface area contributed by atoms with Gasteiger partial charge in [-0.2, -0.15) is 5.26 Å².